The van der Waals surface area contributed by atoms with Crippen molar-refractivity contribution in [3.63, 3.8) is 0 Å². The molecule has 6 rings (SSSR count). The Bertz CT molecular complexity index is 1590. The van der Waals surface area contributed by atoms with Crippen LogP contribution < -0.4 is 5.56 Å². The fourth-order valence-corrected chi connectivity index (χ4v) is 5.45. The topological polar surface area (TPSA) is 60.7 Å². The first-order valence-corrected chi connectivity index (χ1v) is 11.3. The fraction of sp³-hybridized carbons (Fsp3) is 0. The smallest absolute Gasteiger partial charge is 0.267 e. The number of nitrogens with zero attached hydrogens (tertiary/aromatic N) is 4. The van der Waals surface area contributed by atoms with E-state index in [0.29, 0.717) is 16.0 Å². The monoisotopic (exact) mass is 438 g/mol. The molecule has 5 heterocycles. The largest absolute Gasteiger partial charge is 0.277 e. The van der Waals surface area contributed by atoms with Crippen molar-refractivity contribution in [2.24, 2.45) is 0 Å². The van der Waals surface area contributed by atoms with Gasteiger partial charge in [-0.25, -0.2) is 19.5 Å². The second-order valence-corrected chi connectivity index (χ2v) is 8.91. The van der Waals surface area contributed by atoms with Crippen LogP contribution in [0.2, 0.25) is 0 Å². The molecule has 0 radical (unpaired) electrons. The molecule has 0 unspecified atom stereocenters. The van der Waals surface area contributed by atoms with E-state index < -0.39 is 0 Å². The molecular formula is C24H14N4OS2. The van der Waals surface area contributed by atoms with Crippen LogP contribution in [-0.4, -0.2) is 19.5 Å². The highest BCUT2D eigenvalue weighted by molar-refractivity contribution is 7.25. The van der Waals surface area contributed by atoms with Gasteiger partial charge in [0.05, 0.1) is 16.1 Å². The van der Waals surface area contributed by atoms with Gasteiger partial charge in [-0.2, -0.15) is 0 Å². The van der Waals surface area contributed by atoms with Crippen LogP contribution >= 0.6 is 22.7 Å². The predicted octanol–water partition coefficient (Wildman–Crippen LogP) is 5.79. The second-order valence-electron chi connectivity index (χ2n) is 6.97. The van der Waals surface area contributed by atoms with Crippen LogP contribution in [0.25, 0.3) is 47.9 Å². The molecule has 148 valence electrons. The molecule has 0 saturated carbocycles. The van der Waals surface area contributed by atoms with Gasteiger partial charge in [-0.05, 0) is 40.8 Å². The minimum Gasteiger partial charge on any atom is -0.267 e. The van der Waals surface area contributed by atoms with E-state index in [1.807, 2.05) is 41.8 Å². The van der Waals surface area contributed by atoms with Crippen molar-refractivity contribution < 1.29 is 0 Å². The second kappa shape index (κ2) is 7.23. The van der Waals surface area contributed by atoms with Crippen LogP contribution in [0.3, 0.4) is 0 Å². The molecule has 0 aliphatic carbocycles. The van der Waals surface area contributed by atoms with Gasteiger partial charge in [-0.1, -0.05) is 42.5 Å². The zero-order valence-electron chi connectivity index (χ0n) is 16.1. The molecule has 0 aliphatic rings. The number of aromatic nitrogens is 4. The molecule has 6 aromatic rings. The van der Waals surface area contributed by atoms with E-state index in [0.717, 1.165) is 31.9 Å². The van der Waals surface area contributed by atoms with E-state index in [-0.39, 0.29) is 5.56 Å². The minimum absolute atomic E-state index is 0.136. The lowest BCUT2D eigenvalue weighted by atomic mass is 10.0. The lowest BCUT2D eigenvalue weighted by Gasteiger charge is -2.07. The Balaban J connectivity index is 1.70. The number of hydrogen-bond donors (Lipinski definition) is 0. The Kier molecular flexibility index (Phi) is 4.22. The number of thiophene rings is 2. The van der Waals surface area contributed by atoms with Gasteiger partial charge in [0.2, 0.25) is 0 Å². The summed E-state index contributed by atoms with van der Waals surface area (Å²) in [5.74, 6) is 0.551. The summed E-state index contributed by atoms with van der Waals surface area (Å²) >= 11 is 3.04. The Hall–Kier alpha value is -3.68. The highest BCUT2D eigenvalue weighted by Gasteiger charge is 2.19. The lowest BCUT2D eigenvalue weighted by molar-refractivity contribution is 0.924. The van der Waals surface area contributed by atoms with Gasteiger partial charge in [0, 0.05) is 11.6 Å². The van der Waals surface area contributed by atoms with Crippen LogP contribution in [0, 0.1) is 0 Å². The summed E-state index contributed by atoms with van der Waals surface area (Å²) in [6.45, 7) is 0. The zero-order valence-corrected chi connectivity index (χ0v) is 17.7. The Labute approximate surface area is 184 Å². The summed E-state index contributed by atoms with van der Waals surface area (Å²) in [6.07, 6.45) is 3.22. The molecule has 7 heteroatoms. The van der Waals surface area contributed by atoms with Crippen LogP contribution in [0.4, 0.5) is 0 Å². The maximum Gasteiger partial charge on any atom is 0.277 e. The molecule has 0 amide bonds. The van der Waals surface area contributed by atoms with E-state index in [1.165, 1.54) is 15.9 Å². The average Bonchev–Trinajstić information content (AvgIpc) is 3.49. The number of pyridine rings is 2. The Morgan fingerprint density at radius 1 is 0.903 bits per heavy atom. The third kappa shape index (κ3) is 2.98. The standard InChI is InChI=1S/C24H14N4OS2/c29-24-22-21(26-14-28(24)19-10-4-5-11-25-19)20-16(15-7-2-1-3-8-15)13-17(27-23(20)31-22)18-9-6-12-30-18/h1-14H. The molecule has 0 N–H and O–H groups in total. The van der Waals surface area contributed by atoms with Crippen molar-refractivity contribution in [2.75, 3.05) is 0 Å². The SMILES string of the molecule is O=c1c2sc3nc(-c4cccs4)cc(-c4ccccc4)c3c2ncn1-c1ccccn1. The van der Waals surface area contributed by atoms with Gasteiger partial charge in [-0.3, -0.25) is 4.79 Å². The molecule has 0 fully saturated rings. The molecule has 5 nitrogen and oxygen atoms in total. The van der Waals surface area contributed by atoms with Crippen molar-refractivity contribution in [2.45, 2.75) is 0 Å². The first-order chi connectivity index (χ1) is 15.3. The van der Waals surface area contributed by atoms with Crippen molar-refractivity contribution >= 4 is 43.1 Å². The third-order valence-electron chi connectivity index (χ3n) is 5.11. The van der Waals surface area contributed by atoms with E-state index in [4.69, 9.17) is 4.98 Å². The number of benzene rings is 1. The summed E-state index contributed by atoms with van der Waals surface area (Å²) in [4.78, 5) is 29.1. The van der Waals surface area contributed by atoms with E-state index >= 15 is 0 Å². The van der Waals surface area contributed by atoms with Crippen LogP contribution in [0.5, 0.6) is 0 Å². The summed E-state index contributed by atoms with van der Waals surface area (Å²) < 4.78 is 2.07. The van der Waals surface area contributed by atoms with Crippen molar-refractivity contribution in [1.82, 2.24) is 19.5 Å². The molecule has 0 spiro atoms. The number of hydrogen-bond acceptors (Lipinski definition) is 6. The van der Waals surface area contributed by atoms with Crippen LogP contribution in [0.1, 0.15) is 0 Å². The molecule has 31 heavy (non-hydrogen) atoms. The molecule has 0 aliphatic heterocycles. The van der Waals surface area contributed by atoms with Crippen molar-refractivity contribution in [3.8, 4) is 27.5 Å². The predicted molar refractivity (Wildman–Crippen MR) is 127 cm³/mol. The highest BCUT2D eigenvalue weighted by Crippen LogP contribution is 2.39. The number of rotatable bonds is 3. The van der Waals surface area contributed by atoms with Gasteiger partial charge >= 0.3 is 0 Å². The fourth-order valence-electron chi connectivity index (χ4n) is 3.68. The Morgan fingerprint density at radius 3 is 2.55 bits per heavy atom. The van der Waals surface area contributed by atoms with Crippen LogP contribution in [0.15, 0.2) is 89.4 Å². The summed E-state index contributed by atoms with van der Waals surface area (Å²) in [5.41, 5.74) is 3.55. The van der Waals surface area contributed by atoms with E-state index in [1.54, 1.807) is 29.9 Å². The summed E-state index contributed by atoms with van der Waals surface area (Å²) in [6, 6.07) is 21.8. The molecule has 0 bridgehead atoms. The van der Waals surface area contributed by atoms with Gasteiger partial charge in [0.1, 0.15) is 21.7 Å². The molecule has 1 aromatic carbocycles. The highest BCUT2D eigenvalue weighted by atomic mass is 32.1. The molecular weight excluding hydrogens is 424 g/mol. The maximum absolute atomic E-state index is 13.3. The normalized spacial score (nSPS) is 11.4. The summed E-state index contributed by atoms with van der Waals surface area (Å²) in [7, 11) is 0. The van der Waals surface area contributed by atoms with Crippen molar-refractivity contribution in [1.29, 1.82) is 0 Å². The van der Waals surface area contributed by atoms with E-state index in [9.17, 15) is 4.79 Å². The first-order valence-electron chi connectivity index (χ1n) is 9.65. The summed E-state index contributed by atoms with van der Waals surface area (Å²) in [5, 5.41) is 2.96. The molecule has 0 saturated heterocycles. The van der Waals surface area contributed by atoms with Gasteiger partial charge in [-0.15, -0.1) is 22.7 Å². The van der Waals surface area contributed by atoms with Gasteiger partial charge < -0.3 is 0 Å². The van der Waals surface area contributed by atoms with Crippen molar-refractivity contribution in [3.05, 3.63) is 95.0 Å². The Morgan fingerprint density at radius 2 is 1.77 bits per heavy atom. The molecule has 0 atom stereocenters. The zero-order chi connectivity index (χ0) is 20.8. The molecule has 5 aromatic heterocycles. The average molecular weight is 439 g/mol. The minimum atomic E-state index is -0.136. The van der Waals surface area contributed by atoms with Gasteiger partial charge in [0.15, 0.2) is 0 Å². The first kappa shape index (κ1) is 18.1. The quantitative estimate of drug-likeness (QED) is 0.351. The van der Waals surface area contributed by atoms with Gasteiger partial charge in [0.25, 0.3) is 5.56 Å². The van der Waals surface area contributed by atoms with Crippen LogP contribution in [-0.2, 0) is 0 Å². The third-order valence-corrected chi connectivity index (χ3v) is 7.06. The maximum atomic E-state index is 13.3. The lowest BCUT2D eigenvalue weighted by Crippen LogP contribution is -2.18. The van der Waals surface area contributed by atoms with E-state index in [2.05, 4.69) is 34.2 Å². The number of fused-ring (bicyclic) bond motifs is 3.